The molecule has 1 aliphatic carbocycles. The van der Waals surface area contributed by atoms with Gasteiger partial charge in [0.05, 0.1) is 24.6 Å². The quantitative estimate of drug-likeness (QED) is 0.814. The van der Waals surface area contributed by atoms with E-state index in [0.717, 1.165) is 38.6 Å². The molecule has 1 aliphatic heterocycles. The summed E-state index contributed by atoms with van der Waals surface area (Å²) in [5, 5.41) is 19.5. The first-order valence-corrected chi connectivity index (χ1v) is 9.10. The number of hydrogen-bond acceptors (Lipinski definition) is 4. The molecule has 0 aromatic heterocycles. The smallest absolute Gasteiger partial charge is 0.236 e. The van der Waals surface area contributed by atoms with Crippen molar-refractivity contribution in [2.75, 3.05) is 26.2 Å². The maximum absolute atomic E-state index is 12.5. The van der Waals surface area contributed by atoms with Gasteiger partial charge in [-0.2, -0.15) is 5.26 Å². The summed E-state index contributed by atoms with van der Waals surface area (Å²) in [5.74, 6) is 0.394. The molecule has 0 unspecified atom stereocenters. The molecular formula is C18H31N3O2. The van der Waals surface area contributed by atoms with Crippen LogP contribution in [-0.2, 0) is 4.79 Å². The Bertz CT molecular complexity index is 444. The first-order chi connectivity index (χ1) is 11.0. The van der Waals surface area contributed by atoms with E-state index in [2.05, 4.69) is 11.0 Å². The van der Waals surface area contributed by atoms with Gasteiger partial charge >= 0.3 is 0 Å². The summed E-state index contributed by atoms with van der Waals surface area (Å²) in [4.78, 5) is 16.6. The van der Waals surface area contributed by atoms with Gasteiger partial charge < -0.3 is 10.0 Å². The maximum Gasteiger partial charge on any atom is 0.236 e. The molecular weight excluding hydrogens is 290 g/mol. The number of amides is 1. The lowest BCUT2D eigenvalue weighted by Gasteiger charge is -2.43. The molecule has 130 valence electrons. The van der Waals surface area contributed by atoms with Crippen LogP contribution in [0.15, 0.2) is 0 Å². The average molecular weight is 321 g/mol. The molecule has 0 bridgehead atoms. The predicted octanol–water partition coefficient (Wildman–Crippen LogP) is 2.15. The standard InChI is InChI=1S/C18H31N3O2/c1-3-20(13-7-11-19)17(22)14-21-12-6-9-16(21)15-8-4-5-10-18(15,2)23/h15-16,23H,3-10,12-14H2,1-2H3/t15-,16-,18+/m1/s1. The summed E-state index contributed by atoms with van der Waals surface area (Å²) in [6.07, 6.45) is 6.80. The van der Waals surface area contributed by atoms with Crippen LogP contribution in [0.4, 0.5) is 0 Å². The second-order valence-electron chi connectivity index (χ2n) is 7.27. The Hall–Kier alpha value is -1.12. The zero-order valence-electron chi connectivity index (χ0n) is 14.6. The third-order valence-electron chi connectivity index (χ3n) is 5.69. The summed E-state index contributed by atoms with van der Waals surface area (Å²) >= 11 is 0. The number of rotatable bonds is 6. The molecule has 5 nitrogen and oxygen atoms in total. The summed E-state index contributed by atoms with van der Waals surface area (Å²) < 4.78 is 0. The lowest BCUT2D eigenvalue weighted by Crippen LogP contribution is -2.51. The third-order valence-corrected chi connectivity index (χ3v) is 5.69. The number of likely N-dealkylation sites (tertiary alicyclic amines) is 1. The number of likely N-dealkylation sites (N-methyl/N-ethyl adjacent to an activating group) is 1. The van der Waals surface area contributed by atoms with Gasteiger partial charge in [0.25, 0.3) is 0 Å². The molecule has 0 aromatic carbocycles. The Morgan fingerprint density at radius 2 is 2.17 bits per heavy atom. The average Bonchev–Trinajstić information content (AvgIpc) is 2.95. The lowest BCUT2D eigenvalue weighted by atomic mass is 9.72. The van der Waals surface area contributed by atoms with E-state index in [9.17, 15) is 9.90 Å². The zero-order valence-corrected chi connectivity index (χ0v) is 14.6. The van der Waals surface area contributed by atoms with E-state index < -0.39 is 5.60 Å². The van der Waals surface area contributed by atoms with Crippen molar-refractivity contribution in [3.05, 3.63) is 0 Å². The second-order valence-corrected chi connectivity index (χ2v) is 7.27. The molecule has 1 heterocycles. The molecule has 1 amide bonds. The Kier molecular flexibility index (Phi) is 6.43. The molecule has 5 heteroatoms. The normalized spacial score (nSPS) is 31.7. The van der Waals surface area contributed by atoms with Crippen LogP contribution in [0.25, 0.3) is 0 Å². The van der Waals surface area contributed by atoms with E-state index in [-0.39, 0.29) is 11.8 Å². The highest BCUT2D eigenvalue weighted by atomic mass is 16.3. The molecule has 23 heavy (non-hydrogen) atoms. The fraction of sp³-hybridized carbons (Fsp3) is 0.889. The van der Waals surface area contributed by atoms with E-state index in [1.807, 2.05) is 13.8 Å². The second kappa shape index (κ2) is 8.12. The molecule has 2 fully saturated rings. The van der Waals surface area contributed by atoms with Crippen LogP contribution in [0.1, 0.15) is 58.8 Å². The molecule has 0 radical (unpaired) electrons. The van der Waals surface area contributed by atoms with Crippen LogP contribution >= 0.6 is 0 Å². The van der Waals surface area contributed by atoms with Gasteiger partial charge in [0, 0.05) is 25.0 Å². The molecule has 1 N–H and O–H groups in total. The minimum Gasteiger partial charge on any atom is -0.390 e. The lowest BCUT2D eigenvalue weighted by molar-refractivity contribution is -0.133. The Morgan fingerprint density at radius 3 is 2.83 bits per heavy atom. The van der Waals surface area contributed by atoms with Crippen molar-refractivity contribution < 1.29 is 9.90 Å². The van der Waals surface area contributed by atoms with Crippen molar-refractivity contribution in [2.24, 2.45) is 5.92 Å². The van der Waals surface area contributed by atoms with Gasteiger partial charge in [-0.3, -0.25) is 9.69 Å². The molecule has 0 spiro atoms. The molecule has 0 aromatic rings. The predicted molar refractivity (Wildman–Crippen MR) is 89.7 cm³/mol. The van der Waals surface area contributed by atoms with Crippen molar-refractivity contribution in [3.63, 3.8) is 0 Å². The minimum atomic E-state index is -0.597. The van der Waals surface area contributed by atoms with Crippen LogP contribution < -0.4 is 0 Å². The Balaban J connectivity index is 1.98. The van der Waals surface area contributed by atoms with Crippen molar-refractivity contribution in [1.82, 2.24) is 9.80 Å². The SMILES string of the molecule is CCN(CCC#N)C(=O)CN1CCC[C@@H]1[C@H]1CCCC[C@]1(C)O. The van der Waals surface area contributed by atoms with Crippen molar-refractivity contribution >= 4 is 5.91 Å². The summed E-state index contributed by atoms with van der Waals surface area (Å²) in [7, 11) is 0. The van der Waals surface area contributed by atoms with Gasteiger partial charge in [-0.25, -0.2) is 0 Å². The molecule has 2 aliphatic rings. The van der Waals surface area contributed by atoms with Gasteiger partial charge in [-0.05, 0) is 46.1 Å². The van der Waals surface area contributed by atoms with Crippen molar-refractivity contribution in [1.29, 1.82) is 5.26 Å². The minimum absolute atomic E-state index is 0.116. The highest BCUT2D eigenvalue weighted by molar-refractivity contribution is 5.78. The van der Waals surface area contributed by atoms with Crippen molar-refractivity contribution in [2.45, 2.75) is 70.4 Å². The number of carbonyl (C=O) groups excluding carboxylic acids is 1. The monoisotopic (exact) mass is 321 g/mol. The summed E-state index contributed by atoms with van der Waals surface area (Å²) in [5.41, 5.74) is -0.597. The van der Waals surface area contributed by atoms with Gasteiger partial charge in [0.1, 0.15) is 0 Å². The molecule has 1 saturated carbocycles. The third kappa shape index (κ3) is 4.45. The van der Waals surface area contributed by atoms with Gasteiger partial charge in [0.15, 0.2) is 0 Å². The van der Waals surface area contributed by atoms with Crippen LogP contribution in [0.3, 0.4) is 0 Å². The highest BCUT2D eigenvalue weighted by Gasteiger charge is 2.43. The van der Waals surface area contributed by atoms with E-state index in [0.29, 0.717) is 32.1 Å². The fourth-order valence-electron chi connectivity index (χ4n) is 4.37. The summed E-state index contributed by atoms with van der Waals surface area (Å²) in [6, 6.07) is 2.43. The Labute approximate surface area is 140 Å². The van der Waals surface area contributed by atoms with E-state index in [1.54, 1.807) is 4.90 Å². The summed E-state index contributed by atoms with van der Waals surface area (Å²) in [6.45, 7) is 6.48. The topological polar surface area (TPSA) is 67.6 Å². The van der Waals surface area contributed by atoms with Crippen molar-refractivity contribution in [3.8, 4) is 6.07 Å². The van der Waals surface area contributed by atoms with E-state index in [1.165, 1.54) is 6.42 Å². The van der Waals surface area contributed by atoms with E-state index in [4.69, 9.17) is 5.26 Å². The van der Waals surface area contributed by atoms with Gasteiger partial charge in [-0.1, -0.05) is 12.8 Å². The first-order valence-electron chi connectivity index (χ1n) is 9.10. The molecule has 2 rings (SSSR count). The van der Waals surface area contributed by atoms with Gasteiger partial charge in [0.2, 0.25) is 5.91 Å². The molecule has 1 saturated heterocycles. The molecule has 3 atom stereocenters. The number of nitrogens with zero attached hydrogens (tertiary/aromatic N) is 3. The van der Waals surface area contributed by atoms with Crippen LogP contribution in [-0.4, -0.2) is 58.6 Å². The van der Waals surface area contributed by atoms with Gasteiger partial charge in [-0.15, -0.1) is 0 Å². The van der Waals surface area contributed by atoms with E-state index >= 15 is 0 Å². The fourth-order valence-corrected chi connectivity index (χ4v) is 4.37. The number of aliphatic hydroxyl groups is 1. The number of hydrogen-bond donors (Lipinski definition) is 1. The highest BCUT2D eigenvalue weighted by Crippen LogP contribution is 2.40. The van der Waals surface area contributed by atoms with Crippen LogP contribution in [0, 0.1) is 17.2 Å². The maximum atomic E-state index is 12.5. The number of nitriles is 1. The largest absolute Gasteiger partial charge is 0.390 e. The zero-order chi connectivity index (χ0) is 16.9. The number of carbonyl (C=O) groups is 1. The first kappa shape index (κ1) is 18.2. The van der Waals surface area contributed by atoms with Crippen LogP contribution in [0.5, 0.6) is 0 Å². The Morgan fingerprint density at radius 1 is 1.39 bits per heavy atom. The van der Waals surface area contributed by atoms with Crippen LogP contribution in [0.2, 0.25) is 0 Å².